The molecule has 0 aliphatic carbocycles. The number of ether oxygens (including phenoxy) is 1. The third-order valence-corrected chi connectivity index (χ3v) is 3.24. The Morgan fingerprint density at radius 2 is 2.16 bits per heavy atom. The summed E-state index contributed by atoms with van der Waals surface area (Å²) in [5.74, 6) is -0.174. The number of amides is 1. The Balaban J connectivity index is 1.81. The zero-order valence-corrected chi connectivity index (χ0v) is 11.4. The van der Waals surface area contributed by atoms with Crippen LogP contribution in [-0.2, 0) is 4.74 Å². The lowest BCUT2D eigenvalue weighted by Gasteiger charge is -2.32. The molecule has 0 unspecified atom stereocenters. The van der Waals surface area contributed by atoms with Crippen molar-refractivity contribution in [2.75, 3.05) is 32.8 Å². The summed E-state index contributed by atoms with van der Waals surface area (Å²) in [4.78, 5) is 22.3. The zero-order chi connectivity index (χ0) is 13.7. The van der Waals surface area contributed by atoms with E-state index in [9.17, 15) is 4.79 Å². The predicted octanol–water partition coefficient (Wildman–Crippen LogP) is 0.236. The largest absolute Gasteiger partial charge is 0.379 e. The van der Waals surface area contributed by atoms with Crippen LogP contribution in [0.4, 0.5) is 0 Å². The van der Waals surface area contributed by atoms with E-state index in [4.69, 9.17) is 4.74 Å². The van der Waals surface area contributed by atoms with Crippen molar-refractivity contribution in [3.05, 3.63) is 23.8 Å². The average molecular weight is 264 g/mol. The van der Waals surface area contributed by atoms with Gasteiger partial charge in [0.2, 0.25) is 0 Å². The van der Waals surface area contributed by atoms with Gasteiger partial charge in [-0.05, 0) is 13.8 Å². The topological polar surface area (TPSA) is 67.4 Å². The van der Waals surface area contributed by atoms with Crippen LogP contribution in [0.15, 0.2) is 12.4 Å². The van der Waals surface area contributed by atoms with Gasteiger partial charge in [0.15, 0.2) is 0 Å². The van der Waals surface area contributed by atoms with Crippen LogP contribution in [0.2, 0.25) is 0 Å². The number of rotatable bonds is 4. The summed E-state index contributed by atoms with van der Waals surface area (Å²) < 4.78 is 5.31. The Hall–Kier alpha value is -1.53. The Kier molecular flexibility index (Phi) is 4.81. The van der Waals surface area contributed by atoms with Gasteiger partial charge >= 0.3 is 0 Å². The van der Waals surface area contributed by atoms with E-state index >= 15 is 0 Å². The third kappa shape index (κ3) is 3.97. The van der Waals surface area contributed by atoms with Gasteiger partial charge in [-0.25, -0.2) is 4.98 Å². The number of carbonyl (C=O) groups excluding carboxylic acids is 1. The van der Waals surface area contributed by atoms with Crippen LogP contribution in [0.25, 0.3) is 0 Å². The molecule has 0 radical (unpaired) electrons. The van der Waals surface area contributed by atoms with Gasteiger partial charge in [-0.2, -0.15) is 0 Å². The monoisotopic (exact) mass is 264 g/mol. The molecule has 0 spiro atoms. The number of hydrogen-bond donors (Lipinski definition) is 1. The second-order valence-electron chi connectivity index (χ2n) is 4.75. The lowest BCUT2D eigenvalue weighted by molar-refractivity contribution is 0.0204. The van der Waals surface area contributed by atoms with Crippen LogP contribution in [0.1, 0.15) is 23.1 Å². The molecular formula is C13H20N4O2. The number of morpholine rings is 1. The fraction of sp³-hybridized carbons (Fsp3) is 0.615. The molecule has 1 aromatic rings. The molecular weight excluding hydrogens is 244 g/mol. The van der Waals surface area contributed by atoms with E-state index in [1.807, 2.05) is 6.92 Å². The Bertz CT molecular complexity index is 415. The van der Waals surface area contributed by atoms with E-state index in [0.29, 0.717) is 18.3 Å². The third-order valence-electron chi connectivity index (χ3n) is 3.24. The highest BCUT2D eigenvalue weighted by atomic mass is 16.5. The summed E-state index contributed by atoms with van der Waals surface area (Å²) in [7, 11) is 0. The van der Waals surface area contributed by atoms with Gasteiger partial charge in [-0.1, -0.05) is 0 Å². The van der Waals surface area contributed by atoms with Gasteiger partial charge in [-0.3, -0.25) is 14.7 Å². The smallest absolute Gasteiger partial charge is 0.271 e. The van der Waals surface area contributed by atoms with Crippen molar-refractivity contribution in [3.63, 3.8) is 0 Å². The number of carbonyl (C=O) groups is 1. The van der Waals surface area contributed by atoms with E-state index in [1.54, 1.807) is 6.20 Å². The summed E-state index contributed by atoms with van der Waals surface area (Å²) in [6.07, 6.45) is 3.10. The van der Waals surface area contributed by atoms with Crippen LogP contribution in [0.3, 0.4) is 0 Å². The average Bonchev–Trinajstić information content (AvgIpc) is 2.46. The summed E-state index contributed by atoms with van der Waals surface area (Å²) in [6, 6.07) is 0.297. The van der Waals surface area contributed by atoms with Crippen LogP contribution < -0.4 is 5.32 Å². The van der Waals surface area contributed by atoms with E-state index in [1.165, 1.54) is 6.20 Å². The summed E-state index contributed by atoms with van der Waals surface area (Å²) in [6.45, 7) is 7.92. The van der Waals surface area contributed by atoms with Crippen LogP contribution in [0.5, 0.6) is 0 Å². The number of aryl methyl sites for hydroxylation is 1. The van der Waals surface area contributed by atoms with Crippen molar-refractivity contribution in [3.8, 4) is 0 Å². The minimum absolute atomic E-state index is 0.174. The quantitative estimate of drug-likeness (QED) is 0.843. The maximum Gasteiger partial charge on any atom is 0.271 e. The molecule has 2 heterocycles. The fourth-order valence-corrected chi connectivity index (χ4v) is 1.99. The molecule has 19 heavy (non-hydrogen) atoms. The Morgan fingerprint density at radius 1 is 1.42 bits per heavy atom. The lowest BCUT2D eigenvalue weighted by Crippen LogP contribution is -2.47. The number of nitrogens with one attached hydrogen (secondary N) is 1. The maximum absolute atomic E-state index is 11.9. The first-order valence-electron chi connectivity index (χ1n) is 6.55. The molecule has 1 aliphatic rings. The van der Waals surface area contributed by atoms with Crippen molar-refractivity contribution in [2.45, 2.75) is 19.9 Å². The zero-order valence-electron chi connectivity index (χ0n) is 11.4. The van der Waals surface area contributed by atoms with Gasteiger partial charge in [0.1, 0.15) is 5.69 Å². The highest BCUT2D eigenvalue weighted by molar-refractivity contribution is 5.91. The minimum atomic E-state index is -0.174. The van der Waals surface area contributed by atoms with Gasteiger partial charge < -0.3 is 10.1 Å². The molecule has 1 atom stereocenters. The molecule has 0 saturated carbocycles. The molecule has 104 valence electrons. The van der Waals surface area contributed by atoms with E-state index in [2.05, 4.69) is 27.1 Å². The second kappa shape index (κ2) is 6.58. The van der Waals surface area contributed by atoms with Crippen molar-refractivity contribution < 1.29 is 9.53 Å². The highest BCUT2D eigenvalue weighted by Gasteiger charge is 2.18. The van der Waals surface area contributed by atoms with Gasteiger partial charge in [0.05, 0.1) is 25.1 Å². The standard InChI is InChI=1S/C13H20N4O2/c1-10-7-15-12(9-14-10)13(18)16-8-11(2)17-3-5-19-6-4-17/h7,9,11H,3-6,8H2,1-2H3,(H,16,18)/t11-/m0/s1. The van der Waals surface area contributed by atoms with Crippen molar-refractivity contribution in [1.29, 1.82) is 0 Å². The first-order chi connectivity index (χ1) is 9.16. The number of hydrogen-bond acceptors (Lipinski definition) is 5. The Labute approximate surface area is 113 Å². The van der Waals surface area contributed by atoms with Crippen LogP contribution >= 0.6 is 0 Å². The van der Waals surface area contributed by atoms with Crippen molar-refractivity contribution in [1.82, 2.24) is 20.2 Å². The molecule has 2 rings (SSSR count). The Morgan fingerprint density at radius 3 is 2.79 bits per heavy atom. The normalized spacial score (nSPS) is 18.0. The fourth-order valence-electron chi connectivity index (χ4n) is 1.99. The second-order valence-corrected chi connectivity index (χ2v) is 4.75. The van der Waals surface area contributed by atoms with Crippen molar-refractivity contribution >= 4 is 5.91 Å². The number of aromatic nitrogens is 2. The highest BCUT2D eigenvalue weighted by Crippen LogP contribution is 2.03. The molecule has 1 aromatic heterocycles. The molecule has 6 heteroatoms. The van der Waals surface area contributed by atoms with E-state index in [0.717, 1.165) is 32.0 Å². The predicted molar refractivity (Wildman–Crippen MR) is 71.0 cm³/mol. The van der Waals surface area contributed by atoms with E-state index < -0.39 is 0 Å². The molecule has 1 aliphatic heterocycles. The summed E-state index contributed by atoms with van der Waals surface area (Å²) in [5, 5.41) is 2.89. The molecule has 1 N–H and O–H groups in total. The molecule has 1 amide bonds. The molecule has 0 bridgehead atoms. The lowest BCUT2D eigenvalue weighted by atomic mass is 10.2. The van der Waals surface area contributed by atoms with Crippen LogP contribution in [-0.4, -0.2) is 59.7 Å². The van der Waals surface area contributed by atoms with Crippen molar-refractivity contribution in [2.24, 2.45) is 0 Å². The number of nitrogens with zero attached hydrogens (tertiary/aromatic N) is 3. The van der Waals surface area contributed by atoms with E-state index in [-0.39, 0.29) is 5.91 Å². The maximum atomic E-state index is 11.9. The molecule has 1 fully saturated rings. The summed E-state index contributed by atoms with van der Waals surface area (Å²) >= 11 is 0. The van der Waals surface area contributed by atoms with Gasteiger partial charge in [0, 0.05) is 31.9 Å². The minimum Gasteiger partial charge on any atom is -0.379 e. The molecule has 6 nitrogen and oxygen atoms in total. The van der Waals surface area contributed by atoms with Gasteiger partial charge in [0.25, 0.3) is 5.91 Å². The van der Waals surface area contributed by atoms with Gasteiger partial charge in [-0.15, -0.1) is 0 Å². The molecule has 1 saturated heterocycles. The SMILES string of the molecule is Cc1cnc(C(=O)NC[C@H](C)N2CCOCC2)cn1. The first kappa shape index (κ1) is 13.9. The summed E-state index contributed by atoms with van der Waals surface area (Å²) in [5.41, 5.74) is 1.16. The van der Waals surface area contributed by atoms with Crippen LogP contribution in [0, 0.1) is 6.92 Å². The first-order valence-corrected chi connectivity index (χ1v) is 6.55. The molecule has 0 aromatic carbocycles.